The summed E-state index contributed by atoms with van der Waals surface area (Å²) in [6, 6.07) is 11.9. The Bertz CT molecular complexity index is 850. The van der Waals surface area contributed by atoms with Crippen molar-refractivity contribution in [1.29, 1.82) is 0 Å². The SMILES string of the molecule is CCOC1(C)CC(C)(C)c2ccc(Oc3ccc(NC(=O)NO)cc3)cc2O1. The number of rotatable bonds is 5. The summed E-state index contributed by atoms with van der Waals surface area (Å²) in [6.45, 7) is 8.86. The van der Waals surface area contributed by atoms with Gasteiger partial charge >= 0.3 is 6.03 Å². The molecule has 28 heavy (non-hydrogen) atoms. The van der Waals surface area contributed by atoms with Crippen molar-refractivity contribution in [3.05, 3.63) is 48.0 Å². The highest BCUT2D eigenvalue weighted by Gasteiger charge is 2.42. The first-order valence-corrected chi connectivity index (χ1v) is 9.21. The lowest BCUT2D eigenvalue weighted by Gasteiger charge is -2.43. The lowest BCUT2D eigenvalue weighted by atomic mass is 9.76. The van der Waals surface area contributed by atoms with E-state index in [2.05, 4.69) is 19.2 Å². The van der Waals surface area contributed by atoms with Crippen molar-refractivity contribution < 1.29 is 24.2 Å². The lowest BCUT2D eigenvalue weighted by Crippen LogP contribution is -2.45. The van der Waals surface area contributed by atoms with Crippen molar-refractivity contribution in [2.75, 3.05) is 11.9 Å². The van der Waals surface area contributed by atoms with Gasteiger partial charge in [-0.05, 0) is 42.7 Å². The van der Waals surface area contributed by atoms with Crippen LogP contribution in [-0.4, -0.2) is 23.6 Å². The third kappa shape index (κ3) is 4.37. The fraction of sp³-hybridized carbons (Fsp3) is 0.381. The molecule has 0 radical (unpaired) electrons. The number of urea groups is 1. The van der Waals surface area contributed by atoms with Gasteiger partial charge in [0.05, 0.1) is 0 Å². The van der Waals surface area contributed by atoms with Crippen LogP contribution in [0.4, 0.5) is 10.5 Å². The molecule has 7 nitrogen and oxygen atoms in total. The van der Waals surface area contributed by atoms with Crippen LogP contribution < -0.4 is 20.3 Å². The molecule has 3 N–H and O–H groups in total. The molecule has 0 fully saturated rings. The van der Waals surface area contributed by atoms with Gasteiger partial charge in [0, 0.05) is 37.3 Å². The average Bonchev–Trinajstić information content (AvgIpc) is 2.62. The van der Waals surface area contributed by atoms with Crippen molar-refractivity contribution in [2.45, 2.75) is 45.3 Å². The van der Waals surface area contributed by atoms with Gasteiger partial charge in [-0.2, -0.15) is 0 Å². The van der Waals surface area contributed by atoms with E-state index in [9.17, 15) is 4.79 Å². The Kier molecular flexibility index (Phi) is 5.49. The Morgan fingerprint density at radius 2 is 1.82 bits per heavy atom. The molecule has 0 spiro atoms. The topological polar surface area (TPSA) is 89.1 Å². The van der Waals surface area contributed by atoms with Crippen LogP contribution in [0.1, 0.15) is 39.7 Å². The predicted octanol–water partition coefficient (Wildman–Crippen LogP) is 4.80. The number of hydrogen-bond donors (Lipinski definition) is 3. The minimum atomic E-state index is -0.708. The fourth-order valence-electron chi connectivity index (χ4n) is 3.66. The molecule has 1 atom stereocenters. The molecule has 0 aromatic heterocycles. The smallest absolute Gasteiger partial charge is 0.342 e. The van der Waals surface area contributed by atoms with E-state index in [4.69, 9.17) is 19.4 Å². The van der Waals surface area contributed by atoms with Crippen molar-refractivity contribution in [3.63, 3.8) is 0 Å². The molecule has 1 aliphatic heterocycles. The highest BCUT2D eigenvalue weighted by Crippen LogP contribution is 2.46. The molecule has 1 unspecified atom stereocenters. The van der Waals surface area contributed by atoms with E-state index in [1.165, 1.54) is 5.48 Å². The van der Waals surface area contributed by atoms with Gasteiger partial charge in [0.1, 0.15) is 17.2 Å². The number of hydroxylamine groups is 1. The first-order valence-electron chi connectivity index (χ1n) is 9.21. The monoisotopic (exact) mass is 386 g/mol. The number of fused-ring (bicyclic) bond motifs is 1. The largest absolute Gasteiger partial charge is 0.462 e. The number of carbonyl (C=O) groups excluding carboxylic acids is 1. The summed E-state index contributed by atoms with van der Waals surface area (Å²) in [5.41, 5.74) is 3.07. The third-order valence-corrected chi connectivity index (χ3v) is 4.67. The summed E-state index contributed by atoms with van der Waals surface area (Å²) >= 11 is 0. The minimum absolute atomic E-state index is 0.0867. The number of hydrogen-bond acceptors (Lipinski definition) is 5. The van der Waals surface area contributed by atoms with Crippen molar-refractivity contribution in [3.8, 4) is 17.2 Å². The molecule has 2 aromatic carbocycles. The summed E-state index contributed by atoms with van der Waals surface area (Å²) in [6.07, 6.45) is 0.761. The molecule has 150 valence electrons. The predicted molar refractivity (Wildman–Crippen MR) is 105 cm³/mol. The molecule has 0 aliphatic carbocycles. The molecule has 0 saturated carbocycles. The maximum atomic E-state index is 11.1. The van der Waals surface area contributed by atoms with Crippen LogP contribution in [0.3, 0.4) is 0 Å². The van der Waals surface area contributed by atoms with E-state index >= 15 is 0 Å². The fourth-order valence-corrected chi connectivity index (χ4v) is 3.66. The summed E-state index contributed by atoms with van der Waals surface area (Å²) < 4.78 is 18.0. The first-order chi connectivity index (χ1) is 13.2. The zero-order chi connectivity index (χ0) is 20.4. The first kappa shape index (κ1) is 20.0. The van der Waals surface area contributed by atoms with E-state index in [1.807, 2.05) is 32.0 Å². The van der Waals surface area contributed by atoms with Crippen LogP contribution in [0.25, 0.3) is 0 Å². The molecular formula is C21H26N2O5. The summed E-state index contributed by atoms with van der Waals surface area (Å²) in [4.78, 5) is 11.1. The molecule has 2 amide bonds. The Morgan fingerprint density at radius 3 is 2.46 bits per heavy atom. The Hall–Kier alpha value is -2.77. The van der Waals surface area contributed by atoms with Gasteiger partial charge in [-0.1, -0.05) is 19.9 Å². The van der Waals surface area contributed by atoms with Crippen molar-refractivity contribution in [1.82, 2.24) is 5.48 Å². The lowest BCUT2D eigenvalue weighted by molar-refractivity contribution is -0.188. The van der Waals surface area contributed by atoms with Crippen LogP contribution in [0.5, 0.6) is 17.2 Å². The number of carbonyl (C=O) groups is 1. The number of amides is 2. The van der Waals surface area contributed by atoms with Crippen LogP contribution >= 0.6 is 0 Å². The maximum absolute atomic E-state index is 11.1. The van der Waals surface area contributed by atoms with Crippen LogP contribution in [0.2, 0.25) is 0 Å². The van der Waals surface area contributed by atoms with Gasteiger partial charge in [-0.3, -0.25) is 5.21 Å². The highest BCUT2D eigenvalue weighted by atomic mass is 16.7. The quantitative estimate of drug-likeness (QED) is 0.507. The normalized spacial score (nSPS) is 19.9. The van der Waals surface area contributed by atoms with Gasteiger partial charge in [0.25, 0.3) is 0 Å². The zero-order valence-electron chi connectivity index (χ0n) is 16.5. The molecular weight excluding hydrogens is 360 g/mol. The second-order valence-electron chi connectivity index (χ2n) is 7.58. The van der Waals surface area contributed by atoms with Crippen LogP contribution in [-0.2, 0) is 10.2 Å². The van der Waals surface area contributed by atoms with E-state index in [0.717, 1.165) is 17.7 Å². The standard InChI is InChI=1S/C21H26N2O5/c1-5-26-21(4)13-20(2,3)17-11-10-16(12-18(17)28-21)27-15-8-6-14(7-9-15)22-19(24)23-25/h6-12,25H,5,13H2,1-4H3,(H2,22,23,24). The second-order valence-corrected chi connectivity index (χ2v) is 7.58. The summed E-state index contributed by atoms with van der Waals surface area (Å²) in [7, 11) is 0. The molecule has 2 aromatic rings. The van der Waals surface area contributed by atoms with Gasteiger partial charge in [0.15, 0.2) is 0 Å². The zero-order valence-corrected chi connectivity index (χ0v) is 16.5. The molecule has 7 heteroatoms. The number of benzene rings is 2. The Labute approximate surface area is 164 Å². The molecule has 0 saturated heterocycles. The second kappa shape index (κ2) is 7.69. The number of anilines is 1. The third-order valence-electron chi connectivity index (χ3n) is 4.67. The van der Waals surface area contributed by atoms with Gasteiger partial charge in [0.2, 0.25) is 5.79 Å². The van der Waals surface area contributed by atoms with Crippen LogP contribution in [0, 0.1) is 0 Å². The van der Waals surface area contributed by atoms with E-state index < -0.39 is 11.8 Å². The minimum Gasteiger partial charge on any atom is -0.462 e. The van der Waals surface area contributed by atoms with Gasteiger partial charge in [-0.25, -0.2) is 10.3 Å². The van der Waals surface area contributed by atoms with Crippen molar-refractivity contribution >= 4 is 11.7 Å². The number of ether oxygens (including phenoxy) is 3. The van der Waals surface area contributed by atoms with E-state index in [0.29, 0.717) is 23.8 Å². The summed E-state index contributed by atoms with van der Waals surface area (Å²) in [5, 5.41) is 11.0. The van der Waals surface area contributed by atoms with Crippen molar-refractivity contribution in [2.24, 2.45) is 0 Å². The van der Waals surface area contributed by atoms with E-state index in [1.54, 1.807) is 24.3 Å². The maximum Gasteiger partial charge on any atom is 0.342 e. The average molecular weight is 386 g/mol. The van der Waals surface area contributed by atoms with Gasteiger partial charge in [-0.15, -0.1) is 0 Å². The molecule has 3 rings (SSSR count). The highest BCUT2D eigenvalue weighted by molar-refractivity contribution is 5.88. The molecule has 1 aliphatic rings. The van der Waals surface area contributed by atoms with Crippen LogP contribution in [0.15, 0.2) is 42.5 Å². The number of nitrogens with one attached hydrogen (secondary N) is 2. The van der Waals surface area contributed by atoms with Gasteiger partial charge < -0.3 is 19.5 Å². The molecule has 0 bridgehead atoms. The Balaban J connectivity index is 1.79. The summed E-state index contributed by atoms with van der Waals surface area (Å²) in [5.74, 6) is 1.33. The van der Waals surface area contributed by atoms with E-state index in [-0.39, 0.29) is 5.41 Å². The Morgan fingerprint density at radius 1 is 1.14 bits per heavy atom. The molecule has 1 heterocycles.